The number of quaternary nitrogens is 1. The molecule has 382 valence electrons. The molecule has 0 aromatic heterocycles. The van der Waals surface area contributed by atoms with Crippen LogP contribution in [0.5, 0.6) is 0 Å². The third-order valence-electron chi connectivity index (χ3n) is 12.6. The van der Waals surface area contributed by atoms with Gasteiger partial charge < -0.3 is 27.9 Å². The highest BCUT2D eigenvalue weighted by Crippen LogP contribution is 2.38. The molecule has 0 bridgehead atoms. The van der Waals surface area contributed by atoms with E-state index in [1.165, 1.54) is 218 Å². The molecule has 0 heterocycles. The lowest BCUT2D eigenvalue weighted by Crippen LogP contribution is -2.37. The van der Waals surface area contributed by atoms with E-state index in [0.717, 1.165) is 32.1 Å². The van der Waals surface area contributed by atoms with Gasteiger partial charge in [0, 0.05) is 12.8 Å². The topological polar surface area (TPSA) is 111 Å². The quantitative estimate of drug-likeness (QED) is 0.0257. The summed E-state index contributed by atoms with van der Waals surface area (Å²) in [5.41, 5.74) is 0. The van der Waals surface area contributed by atoms with Crippen molar-refractivity contribution in [2.45, 2.75) is 290 Å². The van der Waals surface area contributed by atoms with Crippen molar-refractivity contribution in [3.63, 3.8) is 0 Å². The van der Waals surface area contributed by atoms with Crippen LogP contribution < -0.4 is 4.89 Å². The van der Waals surface area contributed by atoms with Crippen LogP contribution in [0.25, 0.3) is 0 Å². The number of ether oxygens (including phenoxy) is 2. The predicted molar refractivity (Wildman–Crippen MR) is 269 cm³/mol. The lowest BCUT2D eigenvalue weighted by Gasteiger charge is -2.28. The van der Waals surface area contributed by atoms with Crippen LogP contribution in [0.1, 0.15) is 284 Å². The molecule has 2 atom stereocenters. The second-order valence-electron chi connectivity index (χ2n) is 20.3. The Labute approximate surface area is 397 Å². The first-order valence-electron chi connectivity index (χ1n) is 27.7. The Morgan fingerprint density at radius 1 is 0.422 bits per heavy atom. The molecular formula is C54H108NO8P. The van der Waals surface area contributed by atoms with Gasteiger partial charge in [-0.15, -0.1) is 0 Å². The molecule has 9 nitrogen and oxygen atoms in total. The minimum Gasteiger partial charge on any atom is -0.756 e. The number of carbonyl (C=O) groups excluding carboxylic acids is 2. The van der Waals surface area contributed by atoms with Crippen LogP contribution in [0, 0.1) is 0 Å². The van der Waals surface area contributed by atoms with E-state index in [9.17, 15) is 19.0 Å². The van der Waals surface area contributed by atoms with Gasteiger partial charge >= 0.3 is 11.9 Å². The lowest BCUT2D eigenvalue weighted by atomic mass is 10.0. The Morgan fingerprint density at radius 2 is 0.703 bits per heavy atom. The summed E-state index contributed by atoms with van der Waals surface area (Å²) in [4.78, 5) is 37.8. The summed E-state index contributed by atoms with van der Waals surface area (Å²) in [6, 6.07) is 0. The number of rotatable bonds is 52. The molecule has 0 fully saturated rings. The zero-order valence-corrected chi connectivity index (χ0v) is 44.2. The van der Waals surface area contributed by atoms with Gasteiger partial charge in [0.2, 0.25) is 0 Å². The first kappa shape index (κ1) is 63.0. The number of likely N-dealkylation sites (N-methyl/N-ethyl adjacent to an activating group) is 1. The van der Waals surface area contributed by atoms with Gasteiger partial charge in [0.25, 0.3) is 7.82 Å². The van der Waals surface area contributed by atoms with E-state index in [-0.39, 0.29) is 32.0 Å². The molecule has 64 heavy (non-hydrogen) atoms. The number of phosphoric ester groups is 1. The minimum atomic E-state index is -4.62. The molecule has 0 aromatic rings. The number of hydrogen-bond donors (Lipinski definition) is 0. The van der Waals surface area contributed by atoms with E-state index in [0.29, 0.717) is 17.4 Å². The van der Waals surface area contributed by atoms with Crippen molar-refractivity contribution in [3.05, 3.63) is 0 Å². The average molecular weight is 930 g/mol. The van der Waals surface area contributed by atoms with Gasteiger partial charge in [-0.25, -0.2) is 0 Å². The molecule has 2 unspecified atom stereocenters. The van der Waals surface area contributed by atoms with Gasteiger partial charge in [-0.1, -0.05) is 258 Å². The van der Waals surface area contributed by atoms with E-state index >= 15 is 0 Å². The van der Waals surface area contributed by atoms with Crippen LogP contribution in [0.3, 0.4) is 0 Å². The van der Waals surface area contributed by atoms with Crippen LogP contribution in [-0.4, -0.2) is 70.0 Å². The minimum absolute atomic E-state index is 0.0252. The third-order valence-corrected chi connectivity index (χ3v) is 13.6. The maximum Gasteiger partial charge on any atom is 0.306 e. The molecule has 0 aromatic carbocycles. The Bertz CT molecular complexity index is 1050. The molecular weight excluding hydrogens is 822 g/mol. The Balaban J connectivity index is 4.12. The molecule has 0 saturated heterocycles. The van der Waals surface area contributed by atoms with Crippen LogP contribution in [0.2, 0.25) is 0 Å². The first-order chi connectivity index (χ1) is 31.0. The van der Waals surface area contributed by atoms with Gasteiger partial charge in [-0.05, 0) is 12.8 Å². The van der Waals surface area contributed by atoms with Gasteiger partial charge in [-0.2, -0.15) is 0 Å². The maximum atomic E-state index is 12.8. The summed E-state index contributed by atoms with van der Waals surface area (Å²) >= 11 is 0. The highest BCUT2D eigenvalue weighted by Gasteiger charge is 2.22. The second kappa shape index (κ2) is 47.1. The second-order valence-corrected chi connectivity index (χ2v) is 21.7. The van der Waals surface area contributed by atoms with Crippen molar-refractivity contribution in [2.75, 3.05) is 47.5 Å². The van der Waals surface area contributed by atoms with Gasteiger partial charge in [0.1, 0.15) is 19.8 Å². The van der Waals surface area contributed by atoms with Crippen molar-refractivity contribution in [2.24, 2.45) is 0 Å². The summed E-state index contributed by atoms with van der Waals surface area (Å²) in [5, 5.41) is 0. The Kier molecular flexibility index (Phi) is 46.4. The normalized spacial score (nSPS) is 13.3. The van der Waals surface area contributed by atoms with Crippen molar-refractivity contribution >= 4 is 19.8 Å². The Morgan fingerprint density at radius 3 is 1.00 bits per heavy atom. The molecule has 10 heteroatoms. The Hall–Kier alpha value is -0.990. The maximum absolute atomic E-state index is 12.8. The highest BCUT2D eigenvalue weighted by atomic mass is 31.2. The fourth-order valence-electron chi connectivity index (χ4n) is 8.31. The SMILES string of the molecule is CCCCCCCCCCCCCCCCCCCCCCCCCC(=O)OCC(COP(=O)([O-])OCC[N+](C)(C)C)OC(=O)CCCCCCCCCCCCCCCCCCC. The summed E-state index contributed by atoms with van der Waals surface area (Å²) in [5.74, 6) is -0.811. The summed E-state index contributed by atoms with van der Waals surface area (Å²) in [6.45, 7) is 4.30. The monoisotopic (exact) mass is 930 g/mol. The molecule has 0 spiro atoms. The van der Waals surface area contributed by atoms with Gasteiger partial charge in [-0.3, -0.25) is 14.2 Å². The molecule has 0 aliphatic heterocycles. The van der Waals surface area contributed by atoms with Crippen molar-refractivity contribution in [1.29, 1.82) is 0 Å². The standard InChI is InChI=1S/C54H108NO8P/c1-6-8-10-12-14-16-18-20-22-24-25-26-27-28-29-31-32-34-36-38-40-42-44-46-53(56)60-50-52(51-62-64(58,59)61-49-48-55(3,4)5)63-54(57)47-45-43-41-39-37-35-33-30-23-21-19-17-15-13-11-9-7-2/h52H,6-51H2,1-5H3. The van der Waals surface area contributed by atoms with Crippen LogP contribution in [0.15, 0.2) is 0 Å². The zero-order valence-electron chi connectivity index (χ0n) is 43.3. The van der Waals surface area contributed by atoms with Gasteiger partial charge in [0.05, 0.1) is 27.7 Å². The van der Waals surface area contributed by atoms with Crippen LogP contribution >= 0.6 is 7.82 Å². The molecule has 0 aliphatic carbocycles. The number of nitrogens with zero attached hydrogens (tertiary/aromatic N) is 1. The van der Waals surface area contributed by atoms with Gasteiger partial charge in [0.15, 0.2) is 6.10 Å². The van der Waals surface area contributed by atoms with E-state index < -0.39 is 26.5 Å². The van der Waals surface area contributed by atoms with E-state index in [4.69, 9.17) is 18.5 Å². The van der Waals surface area contributed by atoms with E-state index in [2.05, 4.69) is 13.8 Å². The largest absolute Gasteiger partial charge is 0.756 e. The zero-order chi connectivity index (χ0) is 47.1. The fourth-order valence-corrected chi connectivity index (χ4v) is 9.03. The fraction of sp³-hybridized carbons (Fsp3) is 0.963. The van der Waals surface area contributed by atoms with Crippen molar-refractivity contribution in [3.8, 4) is 0 Å². The predicted octanol–water partition coefficient (Wildman–Crippen LogP) is 16.1. The summed E-state index contributed by atoms with van der Waals surface area (Å²) in [6.07, 6.45) is 51.4. The smallest absolute Gasteiger partial charge is 0.306 e. The van der Waals surface area contributed by atoms with Crippen molar-refractivity contribution in [1.82, 2.24) is 0 Å². The number of esters is 2. The molecule has 0 saturated carbocycles. The van der Waals surface area contributed by atoms with Crippen molar-refractivity contribution < 1.29 is 42.1 Å². The third kappa shape index (κ3) is 50.4. The highest BCUT2D eigenvalue weighted by molar-refractivity contribution is 7.45. The molecule has 0 radical (unpaired) electrons. The van der Waals surface area contributed by atoms with E-state index in [1.807, 2.05) is 21.1 Å². The number of unbranched alkanes of at least 4 members (excludes halogenated alkanes) is 38. The number of carbonyl (C=O) groups is 2. The summed E-state index contributed by atoms with van der Waals surface area (Å²) < 4.78 is 34.1. The number of hydrogen-bond acceptors (Lipinski definition) is 8. The molecule has 0 aliphatic rings. The van der Waals surface area contributed by atoms with E-state index in [1.54, 1.807) is 0 Å². The number of phosphoric acid groups is 1. The lowest BCUT2D eigenvalue weighted by molar-refractivity contribution is -0.870. The van der Waals surface area contributed by atoms with Crippen LogP contribution in [0.4, 0.5) is 0 Å². The van der Waals surface area contributed by atoms with Crippen LogP contribution in [-0.2, 0) is 32.7 Å². The molecule has 0 amide bonds. The summed E-state index contributed by atoms with van der Waals surface area (Å²) in [7, 11) is 1.19. The average Bonchev–Trinajstić information content (AvgIpc) is 3.25. The molecule has 0 rings (SSSR count). The molecule has 0 N–H and O–H groups in total. The first-order valence-corrected chi connectivity index (χ1v) is 29.2.